The lowest BCUT2D eigenvalue weighted by Crippen LogP contribution is -2.12. The number of hydrogen-bond donors (Lipinski definition) is 1. The van der Waals surface area contributed by atoms with Crippen LogP contribution < -0.4 is 5.32 Å². The summed E-state index contributed by atoms with van der Waals surface area (Å²) >= 11 is 6.05. The third-order valence-electron chi connectivity index (χ3n) is 3.32. The van der Waals surface area contributed by atoms with E-state index in [0.29, 0.717) is 5.02 Å². The average Bonchev–Trinajstić information content (AvgIpc) is 2.31. The Morgan fingerprint density at radius 3 is 2.50 bits per heavy atom. The van der Waals surface area contributed by atoms with Crippen molar-refractivity contribution in [3.05, 3.63) is 57.6 Å². The Morgan fingerprint density at radius 1 is 1.20 bits per heavy atom. The average molecular weight is 293 g/mol. The molecule has 0 fully saturated rings. The summed E-state index contributed by atoms with van der Waals surface area (Å²) in [5.41, 5.74) is 5.07. The van der Waals surface area contributed by atoms with Gasteiger partial charge in [-0.2, -0.15) is 0 Å². The molecular formula is C16H18ClFN2. The Balaban J connectivity index is 2.31. The van der Waals surface area contributed by atoms with Crippen LogP contribution in [-0.4, -0.2) is 4.98 Å². The Bertz CT molecular complexity index is 617. The molecule has 4 heteroatoms. The number of pyridine rings is 1. The lowest BCUT2D eigenvalue weighted by molar-refractivity contribution is 0.628. The summed E-state index contributed by atoms with van der Waals surface area (Å²) in [6.45, 7) is 8.10. The van der Waals surface area contributed by atoms with E-state index in [0.717, 1.165) is 22.6 Å². The van der Waals surface area contributed by atoms with E-state index in [1.54, 1.807) is 6.07 Å². The van der Waals surface area contributed by atoms with Gasteiger partial charge < -0.3 is 5.32 Å². The van der Waals surface area contributed by atoms with Gasteiger partial charge in [-0.3, -0.25) is 4.98 Å². The van der Waals surface area contributed by atoms with E-state index >= 15 is 0 Å². The summed E-state index contributed by atoms with van der Waals surface area (Å²) in [7, 11) is 0. The maximum atomic E-state index is 13.1. The normalized spacial score (nSPS) is 12.3. The van der Waals surface area contributed by atoms with Crippen molar-refractivity contribution < 1.29 is 4.39 Å². The Labute approximate surface area is 124 Å². The quantitative estimate of drug-likeness (QED) is 0.863. The SMILES string of the molecule is Cc1cc(C)c(C(C)Nc2ccc(F)cc2Cl)c(C)n1. The van der Waals surface area contributed by atoms with Crippen LogP contribution >= 0.6 is 11.6 Å². The largest absolute Gasteiger partial charge is 0.377 e. The van der Waals surface area contributed by atoms with Crippen LogP contribution in [0.2, 0.25) is 5.02 Å². The van der Waals surface area contributed by atoms with Gasteiger partial charge in [0.2, 0.25) is 0 Å². The van der Waals surface area contributed by atoms with Crippen molar-refractivity contribution in [2.45, 2.75) is 33.7 Å². The van der Waals surface area contributed by atoms with Gasteiger partial charge in [-0.25, -0.2) is 4.39 Å². The number of halogens is 2. The number of benzene rings is 1. The number of nitrogens with one attached hydrogen (secondary N) is 1. The number of hydrogen-bond acceptors (Lipinski definition) is 2. The highest BCUT2D eigenvalue weighted by molar-refractivity contribution is 6.33. The molecular weight excluding hydrogens is 275 g/mol. The first-order chi connectivity index (χ1) is 9.38. The number of anilines is 1. The van der Waals surface area contributed by atoms with E-state index in [-0.39, 0.29) is 11.9 Å². The van der Waals surface area contributed by atoms with E-state index in [4.69, 9.17) is 11.6 Å². The molecule has 0 bridgehead atoms. The highest BCUT2D eigenvalue weighted by Gasteiger charge is 2.14. The molecule has 0 aliphatic carbocycles. The Hall–Kier alpha value is -1.61. The molecule has 0 saturated heterocycles. The van der Waals surface area contributed by atoms with Crippen LogP contribution in [-0.2, 0) is 0 Å². The van der Waals surface area contributed by atoms with E-state index < -0.39 is 0 Å². The molecule has 0 aliphatic rings. The van der Waals surface area contributed by atoms with Gasteiger partial charge in [0.1, 0.15) is 5.82 Å². The fourth-order valence-electron chi connectivity index (χ4n) is 2.60. The Kier molecular flexibility index (Phi) is 4.29. The van der Waals surface area contributed by atoms with Crippen molar-refractivity contribution >= 4 is 17.3 Å². The minimum atomic E-state index is -0.336. The highest BCUT2D eigenvalue weighted by Crippen LogP contribution is 2.29. The summed E-state index contributed by atoms with van der Waals surface area (Å²) in [5, 5.41) is 3.70. The third kappa shape index (κ3) is 3.10. The molecule has 0 spiro atoms. The van der Waals surface area contributed by atoms with Crippen molar-refractivity contribution in [3.63, 3.8) is 0 Å². The zero-order chi connectivity index (χ0) is 14.9. The number of nitrogens with zero attached hydrogens (tertiary/aromatic N) is 1. The highest BCUT2D eigenvalue weighted by atomic mass is 35.5. The summed E-state index contributed by atoms with van der Waals surface area (Å²) in [4.78, 5) is 4.50. The topological polar surface area (TPSA) is 24.9 Å². The molecule has 1 heterocycles. The molecule has 1 aromatic carbocycles. The second kappa shape index (κ2) is 5.80. The fourth-order valence-corrected chi connectivity index (χ4v) is 2.82. The van der Waals surface area contributed by atoms with Crippen molar-refractivity contribution in [1.29, 1.82) is 0 Å². The minimum absolute atomic E-state index is 0.0473. The number of aryl methyl sites for hydroxylation is 3. The van der Waals surface area contributed by atoms with Crippen molar-refractivity contribution in [1.82, 2.24) is 4.98 Å². The number of rotatable bonds is 3. The van der Waals surface area contributed by atoms with Crippen LogP contribution in [0.4, 0.5) is 10.1 Å². The predicted molar refractivity (Wildman–Crippen MR) is 81.9 cm³/mol. The fraction of sp³-hybridized carbons (Fsp3) is 0.312. The molecule has 106 valence electrons. The number of aromatic nitrogens is 1. The molecule has 1 N–H and O–H groups in total. The monoisotopic (exact) mass is 292 g/mol. The maximum absolute atomic E-state index is 13.1. The first-order valence-corrected chi connectivity index (χ1v) is 6.92. The standard InChI is InChI=1S/C16H18ClFN2/c1-9-7-10(2)19-11(3)16(9)12(4)20-15-6-5-13(18)8-14(15)17/h5-8,12,20H,1-4H3. The molecule has 0 amide bonds. The molecule has 1 aromatic heterocycles. The van der Waals surface area contributed by atoms with Crippen molar-refractivity contribution in [2.75, 3.05) is 5.32 Å². The van der Waals surface area contributed by atoms with Gasteiger partial charge in [0.05, 0.1) is 16.8 Å². The van der Waals surface area contributed by atoms with Crippen LogP contribution in [0.1, 0.15) is 35.5 Å². The zero-order valence-corrected chi connectivity index (χ0v) is 12.8. The summed E-state index contributed by atoms with van der Waals surface area (Å²) in [6.07, 6.45) is 0. The second-order valence-corrected chi connectivity index (χ2v) is 5.48. The van der Waals surface area contributed by atoms with Crippen LogP contribution in [0.3, 0.4) is 0 Å². The zero-order valence-electron chi connectivity index (χ0n) is 12.1. The van der Waals surface area contributed by atoms with Crippen LogP contribution in [0.15, 0.2) is 24.3 Å². The van der Waals surface area contributed by atoms with Gasteiger partial charge in [0.25, 0.3) is 0 Å². The van der Waals surface area contributed by atoms with Crippen LogP contribution in [0.25, 0.3) is 0 Å². The van der Waals surface area contributed by atoms with Gasteiger partial charge in [-0.15, -0.1) is 0 Å². The van der Waals surface area contributed by atoms with E-state index in [1.807, 2.05) is 20.8 Å². The minimum Gasteiger partial charge on any atom is -0.377 e. The van der Waals surface area contributed by atoms with E-state index in [2.05, 4.69) is 23.3 Å². The van der Waals surface area contributed by atoms with Gasteiger partial charge in [-0.1, -0.05) is 11.6 Å². The molecule has 0 radical (unpaired) electrons. The first kappa shape index (κ1) is 14.8. The maximum Gasteiger partial charge on any atom is 0.124 e. The smallest absolute Gasteiger partial charge is 0.124 e. The lowest BCUT2D eigenvalue weighted by atomic mass is 10.00. The van der Waals surface area contributed by atoms with Crippen molar-refractivity contribution in [2.24, 2.45) is 0 Å². The van der Waals surface area contributed by atoms with Crippen LogP contribution in [0, 0.1) is 26.6 Å². The molecule has 20 heavy (non-hydrogen) atoms. The van der Waals surface area contributed by atoms with Gasteiger partial charge in [0.15, 0.2) is 0 Å². The summed E-state index contributed by atoms with van der Waals surface area (Å²) in [5.74, 6) is -0.336. The molecule has 2 rings (SSSR count). The third-order valence-corrected chi connectivity index (χ3v) is 3.63. The first-order valence-electron chi connectivity index (χ1n) is 6.55. The van der Waals surface area contributed by atoms with E-state index in [9.17, 15) is 4.39 Å². The summed E-state index contributed by atoms with van der Waals surface area (Å²) in [6, 6.07) is 6.47. The van der Waals surface area contributed by atoms with Gasteiger partial charge >= 0.3 is 0 Å². The van der Waals surface area contributed by atoms with Gasteiger partial charge in [-0.05, 0) is 63.1 Å². The van der Waals surface area contributed by atoms with Crippen molar-refractivity contribution in [3.8, 4) is 0 Å². The van der Waals surface area contributed by atoms with Crippen LogP contribution in [0.5, 0.6) is 0 Å². The molecule has 1 atom stereocenters. The Morgan fingerprint density at radius 2 is 1.90 bits per heavy atom. The molecule has 0 saturated carbocycles. The summed E-state index contributed by atoms with van der Waals surface area (Å²) < 4.78 is 13.1. The predicted octanol–water partition coefficient (Wildman–Crippen LogP) is 4.97. The molecule has 0 aliphatic heterocycles. The lowest BCUT2D eigenvalue weighted by Gasteiger charge is -2.20. The second-order valence-electron chi connectivity index (χ2n) is 5.07. The molecule has 2 nitrogen and oxygen atoms in total. The molecule has 2 aromatic rings. The molecule has 1 unspecified atom stereocenters. The van der Waals surface area contributed by atoms with Gasteiger partial charge in [0, 0.05) is 11.4 Å². The van der Waals surface area contributed by atoms with E-state index in [1.165, 1.54) is 17.7 Å².